The monoisotopic (exact) mass is 416 g/mol. The number of nitrogens with one attached hydrogen (secondary N) is 2. The van der Waals surface area contributed by atoms with Crippen LogP contribution in [0.15, 0.2) is 60.7 Å². The van der Waals surface area contributed by atoms with Crippen molar-refractivity contribution in [3.05, 3.63) is 65.7 Å². The predicted octanol–water partition coefficient (Wildman–Crippen LogP) is 2.50. The summed E-state index contributed by atoms with van der Waals surface area (Å²) >= 11 is 6.84. The molecule has 4 rings (SSSR count). The second-order valence-corrected chi connectivity index (χ2v) is 7.16. The summed E-state index contributed by atoms with van der Waals surface area (Å²) in [7, 11) is 1.74. The lowest BCUT2D eigenvalue weighted by molar-refractivity contribution is -0.0949. The topological polar surface area (TPSA) is 94.5 Å². The van der Waals surface area contributed by atoms with Crippen LogP contribution in [0.3, 0.4) is 0 Å². The molecular formula is C22H19ClN7+. The molecule has 0 saturated carbocycles. The lowest BCUT2D eigenvalue weighted by atomic mass is 10.1. The third-order valence-electron chi connectivity index (χ3n) is 4.77. The fraction of sp³-hybridized carbons (Fsp3) is 0.136. The number of rotatable bonds is 5. The van der Waals surface area contributed by atoms with E-state index >= 15 is 0 Å². The van der Waals surface area contributed by atoms with Gasteiger partial charge >= 0.3 is 0 Å². The van der Waals surface area contributed by atoms with Gasteiger partial charge in [0.15, 0.2) is 12.2 Å². The Kier molecular flexibility index (Phi) is 5.42. The third kappa shape index (κ3) is 3.61. The van der Waals surface area contributed by atoms with E-state index < -0.39 is 0 Å². The highest BCUT2D eigenvalue weighted by molar-refractivity contribution is 6.38. The van der Waals surface area contributed by atoms with E-state index in [0.717, 1.165) is 11.1 Å². The average Bonchev–Trinajstić information content (AvgIpc) is 3.14. The van der Waals surface area contributed by atoms with Crippen LogP contribution in [0.2, 0.25) is 5.02 Å². The highest BCUT2D eigenvalue weighted by Crippen LogP contribution is 2.37. The Balaban J connectivity index is 1.90. The molecule has 0 atom stereocenters. The first-order valence-corrected chi connectivity index (χ1v) is 9.69. The zero-order valence-electron chi connectivity index (χ0n) is 16.3. The van der Waals surface area contributed by atoms with E-state index in [0.29, 0.717) is 27.4 Å². The summed E-state index contributed by atoms with van der Waals surface area (Å²) in [5.74, 6) is 0.281. The molecule has 0 saturated heterocycles. The van der Waals surface area contributed by atoms with Gasteiger partial charge < -0.3 is 4.90 Å². The molecule has 4 aromatic rings. The van der Waals surface area contributed by atoms with Crippen molar-refractivity contribution in [1.82, 2.24) is 24.9 Å². The Labute approximate surface area is 178 Å². The first kappa shape index (κ1) is 19.6. The minimum atomic E-state index is 0.178. The lowest BCUT2D eigenvalue weighted by Gasteiger charge is -2.15. The van der Waals surface area contributed by atoms with Crippen LogP contribution in [0, 0.1) is 11.5 Å². The van der Waals surface area contributed by atoms with E-state index in [1.165, 1.54) is 0 Å². The molecule has 8 heteroatoms. The van der Waals surface area contributed by atoms with E-state index in [1.807, 2.05) is 60.7 Å². The summed E-state index contributed by atoms with van der Waals surface area (Å²) in [5.41, 5.74) is 3.57. The molecule has 2 N–H and O–H groups in total. The molecule has 0 bridgehead atoms. The molecule has 0 spiro atoms. The SMILES string of the molecule is CN(CC#[NH+])C(=N)Cn1nc(-c2ccccc2)c2c(Cl)c(-c3ccccc3)nnc21. The van der Waals surface area contributed by atoms with E-state index in [1.54, 1.807) is 16.6 Å². The van der Waals surface area contributed by atoms with Crippen molar-refractivity contribution in [1.29, 1.82) is 5.41 Å². The van der Waals surface area contributed by atoms with E-state index in [2.05, 4.69) is 16.3 Å². The molecule has 0 fully saturated rings. The van der Waals surface area contributed by atoms with Gasteiger partial charge in [0.25, 0.3) is 6.07 Å². The number of hydrogen-bond donors (Lipinski definition) is 2. The number of amidine groups is 1. The number of nitrogens with zero attached hydrogens (tertiary/aromatic N) is 5. The molecule has 0 unspecified atom stereocenters. The van der Waals surface area contributed by atoms with Gasteiger partial charge in [-0.3, -0.25) is 5.41 Å². The summed E-state index contributed by atoms with van der Waals surface area (Å²) in [6, 6.07) is 21.7. The van der Waals surface area contributed by atoms with E-state index in [-0.39, 0.29) is 18.9 Å². The van der Waals surface area contributed by atoms with Gasteiger partial charge in [-0.25, -0.2) is 4.68 Å². The predicted molar refractivity (Wildman–Crippen MR) is 116 cm³/mol. The zero-order valence-corrected chi connectivity index (χ0v) is 17.1. The highest BCUT2D eigenvalue weighted by Gasteiger charge is 2.22. The van der Waals surface area contributed by atoms with Crippen molar-refractivity contribution in [2.45, 2.75) is 6.54 Å². The number of hydrogen-bond acceptors (Lipinski definition) is 4. The second kappa shape index (κ2) is 8.31. The Morgan fingerprint density at radius 2 is 1.63 bits per heavy atom. The van der Waals surface area contributed by atoms with Crippen LogP contribution in [0.4, 0.5) is 0 Å². The number of likely N-dealkylation sites (N-methyl/N-ethyl adjacent to an activating group) is 1. The summed E-state index contributed by atoms with van der Waals surface area (Å²) < 4.78 is 1.63. The maximum Gasteiger partial charge on any atom is 0.291 e. The molecule has 148 valence electrons. The zero-order chi connectivity index (χ0) is 21.1. The Morgan fingerprint density at radius 3 is 2.23 bits per heavy atom. The lowest BCUT2D eigenvalue weighted by Crippen LogP contribution is -2.33. The largest absolute Gasteiger partial charge is 0.345 e. The number of halogens is 1. The first-order chi connectivity index (χ1) is 14.6. The average molecular weight is 417 g/mol. The Hall–Kier alpha value is -3.76. The van der Waals surface area contributed by atoms with E-state index in [9.17, 15) is 0 Å². The molecule has 2 aromatic heterocycles. The van der Waals surface area contributed by atoms with Crippen molar-refractivity contribution in [3.8, 4) is 28.6 Å². The van der Waals surface area contributed by atoms with Crippen LogP contribution >= 0.6 is 11.6 Å². The summed E-state index contributed by atoms with van der Waals surface area (Å²) in [6.07, 6.45) is 0. The van der Waals surface area contributed by atoms with Gasteiger partial charge in [-0.05, 0) is 0 Å². The minimum Gasteiger partial charge on any atom is -0.345 e. The van der Waals surface area contributed by atoms with Gasteiger partial charge in [-0.1, -0.05) is 77.5 Å². The van der Waals surface area contributed by atoms with Gasteiger partial charge in [0, 0.05) is 18.2 Å². The second-order valence-electron chi connectivity index (χ2n) is 6.78. The van der Waals surface area contributed by atoms with Gasteiger partial charge in [0.2, 0.25) is 0 Å². The maximum atomic E-state index is 8.32. The molecule has 0 aliphatic heterocycles. The number of benzene rings is 2. The van der Waals surface area contributed by atoms with Crippen LogP contribution in [0.1, 0.15) is 0 Å². The summed E-state index contributed by atoms with van der Waals surface area (Å²) in [4.78, 5) is 1.62. The number of fused-ring (bicyclic) bond motifs is 1. The fourth-order valence-electron chi connectivity index (χ4n) is 3.18. The summed E-state index contributed by atoms with van der Waals surface area (Å²) in [5, 5.41) is 30.1. The van der Waals surface area contributed by atoms with Gasteiger partial charge in [0.1, 0.15) is 23.8 Å². The standard InChI is InChI=1S/C22H18ClN7/c1-29(13-12-24)17(25)14-30-22-18(20(28-30)15-8-4-2-5-9-15)19(23)21(26-27-22)16-10-6-3-7-11-16/h2-11,25H,13-14H2,1H3/p+1. The van der Waals surface area contributed by atoms with Gasteiger partial charge in [-0.15, -0.1) is 10.2 Å². The van der Waals surface area contributed by atoms with Gasteiger partial charge in [-0.2, -0.15) is 5.10 Å². The number of aromatic nitrogens is 4. The fourth-order valence-corrected chi connectivity index (χ4v) is 3.50. The Morgan fingerprint density at radius 1 is 1.03 bits per heavy atom. The quantitative estimate of drug-likeness (QED) is 0.297. The molecule has 0 amide bonds. The molecule has 0 aliphatic rings. The minimum absolute atomic E-state index is 0.178. The van der Waals surface area contributed by atoms with Crippen molar-refractivity contribution in [2.24, 2.45) is 0 Å². The van der Waals surface area contributed by atoms with E-state index in [4.69, 9.17) is 27.4 Å². The van der Waals surface area contributed by atoms with Crippen LogP contribution in [0.5, 0.6) is 0 Å². The van der Waals surface area contributed by atoms with Crippen LogP contribution in [0.25, 0.3) is 33.5 Å². The van der Waals surface area contributed by atoms with Crippen LogP contribution in [-0.4, -0.2) is 44.3 Å². The van der Waals surface area contributed by atoms with Crippen molar-refractivity contribution in [2.75, 3.05) is 13.6 Å². The van der Waals surface area contributed by atoms with Crippen molar-refractivity contribution >= 4 is 28.5 Å². The molecule has 2 aromatic carbocycles. The molecule has 30 heavy (non-hydrogen) atoms. The molecule has 0 radical (unpaired) electrons. The molecular weight excluding hydrogens is 398 g/mol. The third-order valence-corrected chi connectivity index (χ3v) is 5.14. The van der Waals surface area contributed by atoms with Gasteiger partial charge in [0.05, 0.1) is 10.4 Å². The smallest absolute Gasteiger partial charge is 0.291 e. The van der Waals surface area contributed by atoms with Crippen LogP contribution < -0.4 is 5.26 Å². The summed E-state index contributed by atoms with van der Waals surface area (Å²) in [6.45, 7) is 0.408. The van der Waals surface area contributed by atoms with Crippen molar-refractivity contribution in [3.63, 3.8) is 0 Å². The Bertz CT molecular complexity index is 1240. The van der Waals surface area contributed by atoms with Crippen LogP contribution in [-0.2, 0) is 6.54 Å². The van der Waals surface area contributed by atoms with Crippen molar-refractivity contribution < 1.29 is 5.26 Å². The molecule has 0 aliphatic carbocycles. The highest BCUT2D eigenvalue weighted by atomic mass is 35.5. The maximum absolute atomic E-state index is 8.32. The molecule has 7 nitrogen and oxygen atoms in total. The first-order valence-electron chi connectivity index (χ1n) is 9.32. The normalized spacial score (nSPS) is 10.7. The molecule has 2 heterocycles.